The molecular formula is C16H11ClO2S. The molecule has 1 aliphatic rings. The number of halogens is 1. The molecule has 0 spiro atoms. The summed E-state index contributed by atoms with van der Waals surface area (Å²) in [7, 11) is 0. The van der Waals surface area contributed by atoms with Crippen molar-refractivity contribution in [1.82, 2.24) is 0 Å². The molecule has 20 heavy (non-hydrogen) atoms. The zero-order valence-corrected chi connectivity index (χ0v) is 12.2. The van der Waals surface area contributed by atoms with E-state index < -0.39 is 0 Å². The van der Waals surface area contributed by atoms with Crippen LogP contribution in [0.3, 0.4) is 0 Å². The van der Waals surface area contributed by atoms with Gasteiger partial charge in [0, 0.05) is 10.3 Å². The first-order chi connectivity index (χ1) is 9.72. The van der Waals surface area contributed by atoms with Crippen molar-refractivity contribution in [2.45, 2.75) is 19.3 Å². The van der Waals surface area contributed by atoms with Gasteiger partial charge in [0.25, 0.3) is 0 Å². The van der Waals surface area contributed by atoms with Gasteiger partial charge in [-0.1, -0.05) is 23.7 Å². The van der Waals surface area contributed by atoms with Crippen molar-refractivity contribution >= 4 is 39.7 Å². The van der Waals surface area contributed by atoms with Crippen LogP contribution in [0.4, 0.5) is 0 Å². The number of thiophene rings is 1. The van der Waals surface area contributed by atoms with Crippen molar-refractivity contribution in [1.29, 1.82) is 0 Å². The highest BCUT2D eigenvalue weighted by Gasteiger charge is 2.22. The molecule has 1 aromatic carbocycles. The van der Waals surface area contributed by atoms with Gasteiger partial charge in [-0.2, -0.15) is 0 Å². The molecule has 1 aliphatic carbocycles. The summed E-state index contributed by atoms with van der Waals surface area (Å²) in [5.74, 6) is 0.324. The van der Waals surface area contributed by atoms with Crippen LogP contribution in [0.15, 0.2) is 34.7 Å². The summed E-state index contributed by atoms with van der Waals surface area (Å²) < 4.78 is 5.64. The molecule has 0 radical (unpaired) electrons. The number of hydrogen-bond acceptors (Lipinski definition) is 3. The topological polar surface area (TPSA) is 30.2 Å². The van der Waals surface area contributed by atoms with Crippen molar-refractivity contribution in [3.05, 3.63) is 56.4 Å². The third kappa shape index (κ3) is 1.81. The molecule has 100 valence electrons. The van der Waals surface area contributed by atoms with Gasteiger partial charge in [0.15, 0.2) is 11.3 Å². The predicted octanol–water partition coefficient (Wildman–Crippen LogP) is 4.87. The molecule has 2 aromatic heterocycles. The maximum absolute atomic E-state index is 12.5. The number of fused-ring (bicyclic) bond motifs is 2. The average molecular weight is 303 g/mol. The number of rotatable bonds is 2. The molecule has 2 heterocycles. The summed E-state index contributed by atoms with van der Waals surface area (Å²) >= 11 is 7.68. The largest absolute Gasteiger partial charge is 0.451 e. The van der Waals surface area contributed by atoms with Crippen LogP contribution in [0.2, 0.25) is 5.02 Å². The Bertz CT molecular complexity index is 807. The van der Waals surface area contributed by atoms with E-state index in [1.807, 2.05) is 18.2 Å². The van der Waals surface area contributed by atoms with Gasteiger partial charge >= 0.3 is 0 Å². The normalized spacial score (nSPS) is 13.8. The molecule has 0 bridgehead atoms. The summed E-state index contributed by atoms with van der Waals surface area (Å²) in [5, 5.41) is 1.40. The van der Waals surface area contributed by atoms with Crippen molar-refractivity contribution in [2.24, 2.45) is 0 Å². The molecule has 0 unspecified atom stereocenters. The second-order valence-corrected chi connectivity index (χ2v) is 6.55. The van der Waals surface area contributed by atoms with Gasteiger partial charge in [-0.05, 0) is 43.0 Å². The minimum absolute atomic E-state index is 0.0448. The van der Waals surface area contributed by atoms with Crippen LogP contribution >= 0.6 is 22.9 Å². The molecule has 0 amide bonds. The maximum atomic E-state index is 12.5. The zero-order chi connectivity index (χ0) is 13.7. The van der Waals surface area contributed by atoms with E-state index in [-0.39, 0.29) is 5.78 Å². The zero-order valence-electron chi connectivity index (χ0n) is 10.6. The first-order valence-electron chi connectivity index (χ1n) is 6.57. The minimum Gasteiger partial charge on any atom is -0.451 e. The second-order valence-electron chi connectivity index (χ2n) is 5.01. The molecular weight excluding hydrogens is 292 g/mol. The molecule has 2 nitrogen and oxygen atoms in total. The summed E-state index contributed by atoms with van der Waals surface area (Å²) in [6.45, 7) is 0. The SMILES string of the molecule is O=C(c1cc2cccc(Cl)c2o1)c1cc2c(s1)CCC2. The van der Waals surface area contributed by atoms with E-state index in [9.17, 15) is 4.79 Å². The first-order valence-corrected chi connectivity index (χ1v) is 7.76. The highest BCUT2D eigenvalue weighted by molar-refractivity contribution is 7.14. The third-order valence-corrected chi connectivity index (χ3v) is 5.22. The van der Waals surface area contributed by atoms with Gasteiger partial charge in [0.1, 0.15) is 0 Å². The van der Waals surface area contributed by atoms with E-state index in [2.05, 4.69) is 0 Å². The first kappa shape index (κ1) is 12.2. The summed E-state index contributed by atoms with van der Waals surface area (Å²) in [4.78, 5) is 14.6. The lowest BCUT2D eigenvalue weighted by atomic mass is 10.2. The number of furan rings is 1. The monoisotopic (exact) mass is 302 g/mol. The summed E-state index contributed by atoms with van der Waals surface area (Å²) in [5.41, 5.74) is 1.91. The maximum Gasteiger partial charge on any atom is 0.238 e. The average Bonchev–Trinajstić information content (AvgIpc) is 3.11. The van der Waals surface area contributed by atoms with Crippen LogP contribution in [0.1, 0.15) is 32.3 Å². The minimum atomic E-state index is -0.0448. The fourth-order valence-corrected chi connectivity index (χ4v) is 4.12. The van der Waals surface area contributed by atoms with Crippen molar-refractivity contribution in [2.75, 3.05) is 0 Å². The Morgan fingerprint density at radius 3 is 2.95 bits per heavy atom. The number of benzene rings is 1. The van der Waals surface area contributed by atoms with Crippen LogP contribution in [-0.4, -0.2) is 5.78 Å². The summed E-state index contributed by atoms with van der Waals surface area (Å²) in [6, 6.07) is 9.31. The Morgan fingerprint density at radius 1 is 1.25 bits per heavy atom. The van der Waals surface area contributed by atoms with Gasteiger partial charge in [-0.25, -0.2) is 0 Å². The molecule has 0 N–H and O–H groups in total. The Kier molecular flexibility index (Phi) is 2.72. The lowest BCUT2D eigenvalue weighted by Gasteiger charge is -1.93. The van der Waals surface area contributed by atoms with Crippen LogP contribution in [0.5, 0.6) is 0 Å². The quantitative estimate of drug-likeness (QED) is 0.632. The van der Waals surface area contributed by atoms with Crippen LogP contribution < -0.4 is 0 Å². The standard InChI is InChI=1S/C16H11ClO2S/c17-11-5-1-4-10-7-12(19-16(10)11)15(18)14-8-9-3-2-6-13(9)20-14/h1,4-5,7-8H,2-3,6H2. The Morgan fingerprint density at radius 2 is 2.15 bits per heavy atom. The van der Waals surface area contributed by atoms with Crippen molar-refractivity contribution in [3.63, 3.8) is 0 Å². The lowest BCUT2D eigenvalue weighted by Crippen LogP contribution is -1.95. The van der Waals surface area contributed by atoms with E-state index in [1.165, 1.54) is 16.9 Å². The van der Waals surface area contributed by atoms with Gasteiger partial charge in [0.2, 0.25) is 5.78 Å². The van der Waals surface area contributed by atoms with Gasteiger partial charge < -0.3 is 4.42 Å². The number of ketones is 1. The molecule has 0 saturated carbocycles. The van der Waals surface area contributed by atoms with Crippen LogP contribution in [-0.2, 0) is 12.8 Å². The summed E-state index contributed by atoms with van der Waals surface area (Å²) in [6.07, 6.45) is 3.39. The number of carbonyl (C=O) groups excluding carboxylic acids is 1. The van der Waals surface area contributed by atoms with E-state index in [1.54, 1.807) is 23.5 Å². The third-order valence-electron chi connectivity index (χ3n) is 3.69. The molecule has 3 aromatic rings. The molecule has 0 saturated heterocycles. The molecule has 4 rings (SSSR count). The fourth-order valence-electron chi connectivity index (χ4n) is 2.70. The highest BCUT2D eigenvalue weighted by Crippen LogP contribution is 2.33. The number of hydrogen-bond donors (Lipinski definition) is 0. The van der Waals surface area contributed by atoms with E-state index in [4.69, 9.17) is 16.0 Å². The van der Waals surface area contributed by atoms with Crippen LogP contribution in [0, 0.1) is 0 Å². The van der Waals surface area contributed by atoms with Crippen molar-refractivity contribution in [3.8, 4) is 0 Å². The molecule has 0 atom stereocenters. The number of carbonyl (C=O) groups is 1. The lowest BCUT2D eigenvalue weighted by molar-refractivity contribution is 0.101. The van der Waals surface area contributed by atoms with Gasteiger partial charge in [0.05, 0.1) is 9.90 Å². The Hall–Kier alpha value is -1.58. The van der Waals surface area contributed by atoms with Gasteiger partial charge in [-0.15, -0.1) is 11.3 Å². The smallest absolute Gasteiger partial charge is 0.238 e. The molecule has 0 aliphatic heterocycles. The molecule has 0 fully saturated rings. The van der Waals surface area contributed by atoms with Crippen LogP contribution in [0.25, 0.3) is 11.0 Å². The Balaban J connectivity index is 1.77. The second kappa shape index (κ2) is 4.47. The molecule has 4 heteroatoms. The Labute approximate surface area is 125 Å². The van der Waals surface area contributed by atoms with Crippen molar-refractivity contribution < 1.29 is 9.21 Å². The number of aryl methyl sites for hydroxylation is 2. The van der Waals surface area contributed by atoms with E-state index >= 15 is 0 Å². The highest BCUT2D eigenvalue weighted by atomic mass is 35.5. The van der Waals surface area contributed by atoms with E-state index in [0.29, 0.717) is 16.4 Å². The van der Waals surface area contributed by atoms with Gasteiger partial charge in [-0.3, -0.25) is 4.79 Å². The predicted molar refractivity (Wildman–Crippen MR) is 81.0 cm³/mol. The fraction of sp³-hybridized carbons (Fsp3) is 0.188. The van der Waals surface area contributed by atoms with E-state index in [0.717, 1.165) is 23.1 Å². The number of para-hydroxylation sites is 1.